The van der Waals surface area contributed by atoms with Gasteiger partial charge in [-0.2, -0.15) is 0 Å². The molecular weight excluding hydrogens is 985 g/mol. The lowest BCUT2D eigenvalue weighted by atomic mass is 10.0. The Morgan fingerprint density at radius 3 is 0.787 bits per heavy atom. The minimum absolute atomic E-state index is 0.0770. The maximum Gasteiger partial charge on any atom is 0.306 e. The molecule has 0 aromatic rings. The third kappa shape index (κ3) is 65.4. The molecule has 0 amide bonds. The number of esters is 3. The zero-order chi connectivity index (χ0) is 57.8. The molecule has 0 spiro atoms. The van der Waals surface area contributed by atoms with Crippen LogP contribution in [0.2, 0.25) is 0 Å². The predicted octanol–water partition coefficient (Wildman–Crippen LogP) is 23.8. The normalized spacial score (nSPS) is 12.6. The fourth-order valence-corrected chi connectivity index (χ4v) is 9.97. The molecule has 0 aliphatic carbocycles. The number of unbranched alkanes of at least 4 members (excludes halogenated alkanes) is 38. The van der Waals surface area contributed by atoms with Gasteiger partial charge in [0.05, 0.1) is 0 Å². The number of carbonyl (C=O) groups excluding carboxylic acids is 3. The molecule has 0 aliphatic rings. The average molecular weight is 1120 g/mol. The van der Waals surface area contributed by atoms with Crippen LogP contribution in [0.5, 0.6) is 0 Å². The van der Waals surface area contributed by atoms with E-state index < -0.39 is 6.10 Å². The summed E-state index contributed by atoms with van der Waals surface area (Å²) in [6.45, 7) is 6.54. The van der Waals surface area contributed by atoms with E-state index in [2.05, 4.69) is 106 Å². The number of carbonyl (C=O) groups is 3. The van der Waals surface area contributed by atoms with Crippen LogP contribution in [0, 0.1) is 0 Å². The molecule has 0 heterocycles. The Morgan fingerprint density at radius 2 is 0.487 bits per heavy atom. The summed E-state index contributed by atoms with van der Waals surface area (Å²) in [7, 11) is 0. The van der Waals surface area contributed by atoms with Crippen LogP contribution in [0.1, 0.15) is 348 Å². The van der Waals surface area contributed by atoms with Crippen LogP contribution in [0.3, 0.4) is 0 Å². The van der Waals surface area contributed by atoms with Gasteiger partial charge in [0.15, 0.2) is 6.10 Å². The second-order valence-corrected chi connectivity index (χ2v) is 23.1. The molecule has 6 heteroatoms. The molecule has 6 nitrogen and oxygen atoms in total. The third-order valence-corrected chi connectivity index (χ3v) is 15.1. The number of hydrogen-bond donors (Lipinski definition) is 0. The highest BCUT2D eigenvalue weighted by molar-refractivity contribution is 5.71. The number of ether oxygens (including phenoxy) is 3. The zero-order valence-corrected chi connectivity index (χ0v) is 53.1. The SMILES string of the molecule is CC/C=C\C/C=C\C/C=C\C/C=C\CCCCCCCCCCCCCCCCCCC(=O)OCC(COC(=O)CCCCCCCCCCCCCCCC)OC(=O)CCCCCCCC/C=C\C/C=C\C/C=C\CCCCC. The van der Waals surface area contributed by atoms with E-state index >= 15 is 0 Å². The molecule has 0 saturated carbocycles. The van der Waals surface area contributed by atoms with Gasteiger partial charge in [-0.25, -0.2) is 0 Å². The van der Waals surface area contributed by atoms with E-state index in [-0.39, 0.29) is 31.1 Å². The van der Waals surface area contributed by atoms with Gasteiger partial charge < -0.3 is 14.2 Å². The van der Waals surface area contributed by atoms with Gasteiger partial charge in [-0.15, -0.1) is 0 Å². The van der Waals surface area contributed by atoms with Crippen LogP contribution in [0.25, 0.3) is 0 Å². The Labute approximate surface area is 496 Å². The predicted molar refractivity (Wildman–Crippen MR) is 348 cm³/mol. The average Bonchev–Trinajstić information content (AvgIpc) is 3.46. The molecule has 462 valence electrons. The largest absolute Gasteiger partial charge is 0.462 e. The van der Waals surface area contributed by atoms with E-state index in [9.17, 15) is 14.4 Å². The summed E-state index contributed by atoms with van der Waals surface area (Å²) in [4.78, 5) is 38.4. The van der Waals surface area contributed by atoms with E-state index in [1.165, 1.54) is 199 Å². The van der Waals surface area contributed by atoms with E-state index in [0.29, 0.717) is 19.3 Å². The van der Waals surface area contributed by atoms with Gasteiger partial charge in [0, 0.05) is 19.3 Å². The summed E-state index contributed by atoms with van der Waals surface area (Å²) in [5.41, 5.74) is 0. The minimum Gasteiger partial charge on any atom is -0.462 e. The molecule has 0 fully saturated rings. The Kier molecular flexibility index (Phi) is 65.2. The first-order chi connectivity index (χ1) is 39.5. The molecule has 0 N–H and O–H groups in total. The minimum atomic E-state index is -0.782. The number of rotatable bonds is 63. The fraction of sp³-hybridized carbons (Fsp3) is 0.770. The topological polar surface area (TPSA) is 78.9 Å². The first kappa shape index (κ1) is 76.6. The van der Waals surface area contributed by atoms with Gasteiger partial charge in [0.25, 0.3) is 0 Å². The summed E-state index contributed by atoms with van der Waals surface area (Å²) in [6.07, 6.45) is 90.3. The summed E-state index contributed by atoms with van der Waals surface area (Å²) in [6, 6.07) is 0. The number of allylic oxidation sites excluding steroid dienone is 14. The Balaban J connectivity index is 4.26. The molecule has 0 saturated heterocycles. The Hall–Kier alpha value is -3.41. The van der Waals surface area contributed by atoms with E-state index in [1.54, 1.807) is 0 Å². The van der Waals surface area contributed by atoms with Crippen molar-refractivity contribution in [2.24, 2.45) is 0 Å². The summed E-state index contributed by atoms with van der Waals surface area (Å²) < 4.78 is 17.0. The molecule has 80 heavy (non-hydrogen) atoms. The van der Waals surface area contributed by atoms with Gasteiger partial charge in [-0.1, -0.05) is 318 Å². The highest BCUT2D eigenvalue weighted by Gasteiger charge is 2.19. The van der Waals surface area contributed by atoms with Crippen LogP contribution in [0.15, 0.2) is 85.1 Å². The van der Waals surface area contributed by atoms with Crippen LogP contribution >= 0.6 is 0 Å². The van der Waals surface area contributed by atoms with Crippen LogP contribution in [-0.4, -0.2) is 37.2 Å². The molecule has 0 bridgehead atoms. The Morgan fingerprint density at radius 1 is 0.263 bits per heavy atom. The first-order valence-corrected chi connectivity index (χ1v) is 34.6. The number of hydrogen-bond acceptors (Lipinski definition) is 6. The van der Waals surface area contributed by atoms with Gasteiger partial charge >= 0.3 is 17.9 Å². The quantitative estimate of drug-likeness (QED) is 0.0261. The van der Waals surface area contributed by atoms with Crippen molar-refractivity contribution >= 4 is 17.9 Å². The smallest absolute Gasteiger partial charge is 0.306 e. The van der Waals surface area contributed by atoms with Crippen LogP contribution in [0.4, 0.5) is 0 Å². The molecule has 0 aromatic carbocycles. The standard InChI is InChI=1S/C74H130O6/c1-4-7-10-13-16-19-22-25-28-30-32-33-34-35-36-37-38-39-40-41-43-44-46-49-52-55-58-61-64-67-73(76)79-70-71(69-78-72(75)66-63-60-57-54-51-48-27-24-21-18-15-12-9-6-3)80-74(77)68-65-62-59-56-53-50-47-45-42-31-29-26-23-20-17-14-11-8-5-2/h7,10,16-17,19-20,25-26,28-29,32-33,42,45,71H,4-6,8-9,11-15,18,21-24,27,30-31,34-41,43-44,46-70H2,1-3H3/b10-7-,19-16-,20-17-,28-25-,29-26-,33-32-,45-42-. The van der Waals surface area contributed by atoms with Crippen LogP contribution in [-0.2, 0) is 28.6 Å². The molecule has 0 rings (SSSR count). The van der Waals surface area contributed by atoms with Crippen LogP contribution < -0.4 is 0 Å². The molecular formula is C74H130O6. The van der Waals surface area contributed by atoms with Crippen molar-refractivity contribution in [3.05, 3.63) is 85.1 Å². The van der Waals surface area contributed by atoms with Gasteiger partial charge in [0.2, 0.25) is 0 Å². The molecule has 0 radical (unpaired) electrons. The van der Waals surface area contributed by atoms with Gasteiger partial charge in [-0.05, 0) is 96.3 Å². The van der Waals surface area contributed by atoms with E-state index in [0.717, 1.165) is 109 Å². The van der Waals surface area contributed by atoms with Crippen molar-refractivity contribution in [1.82, 2.24) is 0 Å². The Bertz CT molecular complexity index is 1520. The highest BCUT2D eigenvalue weighted by Crippen LogP contribution is 2.17. The lowest BCUT2D eigenvalue weighted by Gasteiger charge is -2.18. The zero-order valence-electron chi connectivity index (χ0n) is 53.1. The highest BCUT2D eigenvalue weighted by atomic mass is 16.6. The second-order valence-electron chi connectivity index (χ2n) is 23.1. The van der Waals surface area contributed by atoms with Crippen molar-refractivity contribution in [3.63, 3.8) is 0 Å². The third-order valence-electron chi connectivity index (χ3n) is 15.1. The second kappa shape index (κ2) is 68.1. The van der Waals surface area contributed by atoms with E-state index in [4.69, 9.17) is 14.2 Å². The van der Waals surface area contributed by atoms with Gasteiger partial charge in [-0.3, -0.25) is 14.4 Å². The molecule has 0 aromatic heterocycles. The van der Waals surface area contributed by atoms with Gasteiger partial charge in [0.1, 0.15) is 13.2 Å². The maximum absolute atomic E-state index is 12.9. The van der Waals surface area contributed by atoms with Crippen molar-refractivity contribution in [2.45, 2.75) is 354 Å². The summed E-state index contributed by atoms with van der Waals surface area (Å²) in [5.74, 6) is -0.870. The molecule has 1 unspecified atom stereocenters. The van der Waals surface area contributed by atoms with Crippen molar-refractivity contribution < 1.29 is 28.6 Å². The molecule has 0 aliphatic heterocycles. The van der Waals surface area contributed by atoms with E-state index in [1.807, 2.05) is 0 Å². The first-order valence-electron chi connectivity index (χ1n) is 34.6. The van der Waals surface area contributed by atoms with Crippen molar-refractivity contribution in [2.75, 3.05) is 13.2 Å². The summed E-state index contributed by atoms with van der Waals surface area (Å²) in [5, 5.41) is 0. The lowest BCUT2D eigenvalue weighted by Crippen LogP contribution is -2.30. The maximum atomic E-state index is 12.9. The summed E-state index contributed by atoms with van der Waals surface area (Å²) >= 11 is 0. The van der Waals surface area contributed by atoms with Crippen molar-refractivity contribution in [3.8, 4) is 0 Å². The fourth-order valence-electron chi connectivity index (χ4n) is 9.97. The van der Waals surface area contributed by atoms with Crippen molar-refractivity contribution in [1.29, 1.82) is 0 Å². The lowest BCUT2D eigenvalue weighted by molar-refractivity contribution is -0.167. The monoisotopic (exact) mass is 1110 g/mol. The molecule has 1 atom stereocenters.